The molecule has 0 atom stereocenters. The highest BCUT2D eigenvalue weighted by Gasteiger charge is 1.90. The summed E-state index contributed by atoms with van der Waals surface area (Å²) >= 11 is 0. The molecule has 0 aromatic carbocycles. The van der Waals surface area contributed by atoms with Gasteiger partial charge in [0.05, 0.1) is 7.05 Å². The van der Waals surface area contributed by atoms with Crippen LogP contribution in [0.2, 0.25) is 0 Å². The minimum atomic E-state index is 0.549. The Morgan fingerprint density at radius 1 is 1.17 bits per heavy atom. The van der Waals surface area contributed by atoms with Crippen LogP contribution in [0, 0.1) is 0 Å². The lowest BCUT2D eigenvalue weighted by atomic mass is 11.0. The van der Waals surface area contributed by atoms with Gasteiger partial charge in [-0.1, -0.05) is 32.8 Å². The molecule has 0 saturated heterocycles. The molecule has 0 spiro atoms. The van der Waals surface area contributed by atoms with Gasteiger partial charge in [-0.25, -0.2) is 0 Å². The van der Waals surface area contributed by atoms with Crippen LogP contribution in [-0.4, -0.2) is 27.3 Å². The van der Waals surface area contributed by atoms with Gasteiger partial charge in [-0.3, -0.25) is 0 Å². The molecule has 1 aromatic rings. The van der Waals surface area contributed by atoms with Crippen LogP contribution in [0.4, 0.5) is 5.95 Å². The molecule has 0 saturated carbocycles. The van der Waals surface area contributed by atoms with Crippen molar-refractivity contribution in [3.05, 3.63) is 0 Å². The Bertz CT molecular complexity index is 172. The molecule has 72 valence electrons. The number of rotatable bonds is 1. The standard InChI is InChI=1S/C3H7N5.2C2H6/c1-4-3-5-7-8(2)6-3;2*1-2/h1-2H3,(H,4,6);2*1-2H3. The van der Waals surface area contributed by atoms with Crippen molar-refractivity contribution in [3.63, 3.8) is 0 Å². The van der Waals surface area contributed by atoms with E-state index in [4.69, 9.17) is 0 Å². The molecule has 0 aliphatic carbocycles. The third kappa shape index (κ3) is 5.64. The maximum Gasteiger partial charge on any atom is 0.263 e. The highest BCUT2D eigenvalue weighted by atomic mass is 15.6. The lowest BCUT2D eigenvalue weighted by Crippen LogP contribution is -1.93. The van der Waals surface area contributed by atoms with Gasteiger partial charge in [0, 0.05) is 7.05 Å². The number of nitrogens with one attached hydrogen (secondary N) is 1. The number of aromatic nitrogens is 4. The van der Waals surface area contributed by atoms with E-state index in [1.807, 2.05) is 27.7 Å². The van der Waals surface area contributed by atoms with Crippen LogP contribution >= 0.6 is 0 Å². The zero-order valence-electron chi connectivity index (χ0n) is 8.79. The predicted molar refractivity (Wildman–Crippen MR) is 51.0 cm³/mol. The SMILES string of the molecule is CC.CC.CNc1nnn(C)n1. The van der Waals surface area contributed by atoms with Gasteiger partial charge in [-0.2, -0.15) is 4.80 Å². The number of aryl methyl sites for hydroxylation is 1. The molecule has 0 unspecified atom stereocenters. The van der Waals surface area contributed by atoms with Gasteiger partial charge in [0.2, 0.25) is 0 Å². The zero-order chi connectivity index (χ0) is 9.98. The number of nitrogens with zero attached hydrogens (tertiary/aromatic N) is 4. The summed E-state index contributed by atoms with van der Waals surface area (Å²) in [6.45, 7) is 8.00. The lowest BCUT2D eigenvalue weighted by Gasteiger charge is -1.82. The second kappa shape index (κ2) is 9.87. The smallest absolute Gasteiger partial charge is 0.263 e. The predicted octanol–water partition coefficient (Wildman–Crippen LogP) is 1.30. The maximum atomic E-state index is 3.81. The van der Waals surface area contributed by atoms with Crippen LogP contribution in [0.3, 0.4) is 0 Å². The molecule has 0 aliphatic heterocycles. The van der Waals surface area contributed by atoms with Crippen molar-refractivity contribution < 1.29 is 0 Å². The average Bonchev–Trinajstić information content (AvgIpc) is 2.58. The highest BCUT2D eigenvalue weighted by Crippen LogP contribution is 1.85. The van der Waals surface area contributed by atoms with Gasteiger partial charge >= 0.3 is 0 Å². The Balaban J connectivity index is 0. The fourth-order valence-corrected chi connectivity index (χ4v) is 0.384. The molecule has 0 amide bonds. The van der Waals surface area contributed by atoms with E-state index in [0.29, 0.717) is 5.95 Å². The monoisotopic (exact) mass is 173 g/mol. The van der Waals surface area contributed by atoms with Crippen LogP contribution in [0.25, 0.3) is 0 Å². The molecule has 1 heterocycles. The summed E-state index contributed by atoms with van der Waals surface area (Å²) in [5.74, 6) is 0.549. The zero-order valence-corrected chi connectivity index (χ0v) is 8.79. The van der Waals surface area contributed by atoms with Gasteiger partial charge in [0.25, 0.3) is 5.95 Å². The van der Waals surface area contributed by atoms with E-state index >= 15 is 0 Å². The molecule has 12 heavy (non-hydrogen) atoms. The first-order valence-electron chi connectivity index (χ1n) is 4.24. The second-order valence-electron chi connectivity index (χ2n) is 1.35. The Hall–Kier alpha value is -1.13. The molecule has 1 N–H and O–H groups in total. The van der Waals surface area contributed by atoms with Crippen molar-refractivity contribution in [3.8, 4) is 0 Å². The van der Waals surface area contributed by atoms with Crippen LogP contribution in [0.5, 0.6) is 0 Å². The van der Waals surface area contributed by atoms with E-state index in [-0.39, 0.29) is 0 Å². The van der Waals surface area contributed by atoms with Crippen molar-refractivity contribution >= 4 is 5.95 Å². The maximum absolute atomic E-state index is 3.81. The largest absolute Gasteiger partial charge is 0.355 e. The molecule has 5 heteroatoms. The molecular weight excluding hydrogens is 154 g/mol. The van der Waals surface area contributed by atoms with E-state index in [1.165, 1.54) is 4.80 Å². The van der Waals surface area contributed by atoms with Crippen molar-refractivity contribution in [2.75, 3.05) is 12.4 Å². The van der Waals surface area contributed by atoms with Crippen LogP contribution < -0.4 is 5.32 Å². The van der Waals surface area contributed by atoms with E-state index in [9.17, 15) is 0 Å². The highest BCUT2D eigenvalue weighted by molar-refractivity contribution is 5.16. The Kier molecular flexibility index (Phi) is 11.1. The number of tetrazole rings is 1. The minimum absolute atomic E-state index is 0.549. The molecular formula is C7H19N5. The van der Waals surface area contributed by atoms with Crippen LogP contribution in [0.1, 0.15) is 27.7 Å². The molecule has 0 aliphatic rings. The summed E-state index contributed by atoms with van der Waals surface area (Å²) in [6, 6.07) is 0. The van der Waals surface area contributed by atoms with Gasteiger partial charge < -0.3 is 5.32 Å². The lowest BCUT2D eigenvalue weighted by molar-refractivity contribution is 0.630. The summed E-state index contributed by atoms with van der Waals surface area (Å²) < 4.78 is 0. The van der Waals surface area contributed by atoms with Gasteiger partial charge in [-0.05, 0) is 5.21 Å². The van der Waals surface area contributed by atoms with Crippen molar-refractivity contribution in [2.24, 2.45) is 7.05 Å². The van der Waals surface area contributed by atoms with Gasteiger partial charge in [-0.15, -0.1) is 5.10 Å². The van der Waals surface area contributed by atoms with Gasteiger partial charge in [0.15, 0.2) is 0 Å². The van der Waals surface area contributed by atoms with E-state index in [1.54, 1.807) is 14.1 Å². The summed E-state index contributed by atoms with van der Waals surface area (Å²) in [5.41, 5.74) is 0. The van der Waals surface area contributed by atoms with Crippen LogP contribution in [0.15, 0.2) is 0 Å². The molecule has 0 bridgehead atoms. The Labute approximate surface area is 74.2 Å². The third-order valence-electron chi connectivity index (χ3n) is 0.732. The molecule has 1 aromatic heterocycles. The summed E-state index contributed by atoms with van der Waals surface area (Å²) in [6.07, 6.45) is 0. The van der Waals surface area contributed by atoms with Crippen LogP contribution in [-0.2, 0) is 7.05 Å². The molecule has 0 fully saturated rings. The first kappa shape index (κ1) is 13.5. The fourth-order valence-electron chi connectivity index (χ4n) is 0.384. The first-order valence-corrected chi connectivity index (χ1v) is 4.24. The summed E-state index contributed by atoms with van der Waals surface area (Å²) in [4.78, 5) is 1.39. The number of hydrogen-bond donors (Lipinski definition) is 1. The number of hydrogen-bond acceptors (Lipinski definition) is 4. The summed E-state index contributed by atoms with van der Waals surface area (Å²) in [7, 11) is 3.46. The van der Waals surface area contributed by atoms with E-state index in [2.05, 4.69) is 20.7 Å². The van der Waals surface area contributed by atoms with Gasteiger partial charge in [0.1, 0.15) is 0 Å². The van der Waals surface area contributed by atoms with Crippen molar-refractivity contribution in [1.29, 1.82) is 0 Å². The average molecular weight is 173 g/mol. The van der Waals surface area contributed by atoms with E-state index in [0.717, 1.165) is 0 Å². The second-order valence-corrected chi connectivity index (χ2v) is 1.35. The first-order chi connectivity index (χ1) is 5.83. The minimum Gasteiger partial charge on any atom is -0.355 e. The summed E-state index contributed by atoms with van der Waals surface area (Å²) in [5, 5.41) is 13.8. The fraction of sp³-hybridized carbons (Fsp3) is 0.857. The third-order valence-corrected chi connectivity index (χ3v) is 0.732. The molecule has 0 radical (unpaired) electrons. The van der Waals surface area contributed by atoms with Crippen molar-refractivity contribution in [1.82, 2.24) is 20.2 Å². The Morgan fingerprint density at radius 2 is 1.67 bits per heavy atom. The Morgan fingerprint density at radius 3 is 1.83 bits per heavy atom. The molecule has 1 rings (SSSR count). The van der Waals surface area contributed by atoms with E-state index < -0.39 is 0 Å². The topological polar surface area (TPSA) is 55.6 Å². The quantitative estimate of drug-likeness (QED) is 0.695. The van der Waals surface area contributed by atoms with Crippen molar-refractivity contribution in [2.45, 2.75) is 27.7 Å². The molecule has 5 nitrogen and oxygen atoms in total. The normalized spacial score (nSPS) is 7.17. The number of anilines is 1.